The molecule has 0 spiro atoms. The van der Waals surface area contributed by atoms with E-state index in [1.165, 1.54) is 12.8 Å². The Hall–Kier alpha value is -1.50. The predicted octanol–water partition coefficient (Wildman–Crippen LogP) is 3.74. The molecule has 1 N–H and O–H groups in total. The van der Waals surface area contributed by atoms with Gasteiger partial charge in [0.25, 0.3) is 0 Å². The van der Waals surface area contributed by atoms with Gasteiger partial charge in [0.1, 0.15) is 5.60 Å². The van der Waals surface area contributed by atoms with E-state index >= 15 is 0 Å². The van der Waals surface area contributed by atoms with Crippen LogP contribution >= 0.6 is 0 Å². The average Bonchev–Trinajstić information content (AvgIpc) is 3.46. The van der Waals surface area contributed by atoms with Crippen LogP contribution in [0, 0.1) is 11.3 Å². The molecule has 0 bridgehead atoms. The van der Waals surface area contributed by atoms with Crippen molar-refractivity contribution in [3.05, 3.63) is 0 Å². The van der Waals surface area contributed by atoms with Gasteiger partial charge in [-0.15, -0.1) is 0 Å². The summed E-state index contributed by atoms with van der Waals surface area (Å²) in [6, 6.07) is 0. The van der Waals surface area contributed by atoms with Gasteiger partial charge in [-0.3, -0.25) is 4.99 Å². The van der Waals surface area contributed by atoms with Crippen LogP contribution in [0.1, 0.15) is 66.7 Å². The number of hydrogen-bond donors (Lipinski definition) is 1. The summed E-state index contributed by atoms with van der Waals surface area (Å²) >= 11 is 0. The third-order valence-electron chi connectivity index (χ3n) is 6.20. The van der Waals surface area contributed by atoms with Crippen LogP contribution < -0.4 is 5.32 Å². The maximum absolute atomic E-state index is 12.4. The molecule has 0 atom stereocenters. The summed E-state index contributed by atoms with van der Waals surface area (Å²) in [6.07, 6.45) is 5.62. The number of piperidine rings is 1. The van der Waals surface area contributed by atoms with Crippen LogP contribution in [0.2, 0.25) is 0 Å². The highest BCUT2D eigenvalue weighted by molar-refractivity contribution is 5.80. The zero-order valence-electron chi connectivity index (χ0n) is 20.1. The van der Waals surface area contributed by atoms with Gasteiger partial charge in [-0.25, -0.2) is 4.79 Å². The minimum atomic E-state index is -0.451. The summed E-state index contributed by atoms with van der Waals surface area (Å²) in [5.74, 6) is 1.52. The van der Waals surface area contributed by atoms with Crippen molar-refractivity contribution in [3.63, 3.8) is 0 Å². The Morgan fingerprint density at radius 3 is 2.40 bits per heavy atom. The first-order valence-electron chi connectivity index (χ1n) is 11.7. The highest BCUT2D eigenvalue weighted by Gasteiger charge is 2.42. The first-order valence-corrected chi connectivity index (χ1v) is 11.7. The molecule has 174 valence electrons. The molecule has 7 nitrogen and oxygen atoms in total. The molecule has 30 heavy (non-hydrogen) atoms. The van der Waals surface area contributed by atoms with E-state index in [0.29, 0.717) is 17.9 Å². The summed E-state index contributed by atoms with van der Waals surface area (Å²) in [4.78, 5) is 21.1. The van der Waals surface area contributed by atoms with Crippen molar-refractivity contribution < 1.29 is 14.3 Å². The summed E-state index contributed by atoms with van der Waals surface area (Å²) in [5, 5.41) is 3.62. The van der Waals surface area contributed by atoms with Crippen molar-refractivity contribution in [1.29, 1.82) is 0 Å². The fraction of sp³-hybridized carbons (Fsp3) is 0.913. The van der Waals surface area contributed by atoms with Gasteiger partial charge in [0.05, 0.1) is 0 Å². The minimum Gasteiger partial charge on any atom is -0.444 e. The summed E-state index contributed by atoms with van der Waals surface area (Å²) in [5.41, 5.74) is -0.0495. The lowest BCUT2D eigenvalue weighted by molar-refractivity contribution is 0.0214. The molecule has 0 aromatic heterocycles. The molecule has 1 saturated heterocycles. The lowest BCUT2D eigenvalue weighted by Gasteiger charge is -2.37. The standard InChI is InChI=1S/C23H44N4O3/c1-7-26(21(28)30-22(3,4)5)17-19-9-14-27(15-10-19)20(24-6)25-18-23(11-12-23)13-16-29-8-2/h19H,7-18H2,1-6H3,(H,24,25). The number of nitrogens with zero attached hydrogens (tertiary/aromatic N) is 3. The van der Waals surface area contributed by atoms with Gasteiger partial charge < -0.3 is 24.6 Å². The second-order valence-electron chi connectivity index (χ2n) is 9.80. The molecule has 1 amide bonds. The molecule has 0 aromatic rings. The zero-order valence-corrected chi connectivity index (χ0v) is 20.1. The lowest BCUT2D eigenvalue weighted by Crippen LogP contribution is -2.48. The Balaban J connectivity index is 1.76. The molecular formula is C23H44N4O3. The summed E-state index contributed by atoms with van der Waals surface area (Å²) in [6.45, 7) is 15.8. The van der Waals surface area contributed by atoms with Gasteiger partial charge in [0.2, 0.25) is 0 Å². The molecule has 1 aliphatic heterocycles. The third-order valence-corrected chi connectivity index (χ3v) is 6.20. The number of rotatable bonds is 9. The Morgan fingerprint density at radius 1 is 1.23 bits per heavy atom. The van der Waals surface area contributed by atoms with Gasteiger partial charge in [0, 0.05) is 53.0 Å². The third kappa shape index (κ3) is 7.97. The first kappa shape index (κ1) is 24.8. The number of hydrogen-bond acceptors (Lipinski definition) is 4. The predicted molar refractivity (Wildman–Crippen MR) is 122 cm³/mol. The lowest BCUT2D eigenvalue weighted by atomic mass is 9.96. The largest absolute Gasteiger partial charge is 0.444 e. The second-order valence-corrected chi connectivity index (χ2v) is 9.80. The van der Waals surface area contributed by atoms with Gasteiger partial charge >= 0.3 is 6.09 Å². The van der Waals surface area contributed by atoms with E-state index in [1.807, 2.05) is 39.6 Å². The van der Waals surface area contributed by atoms with E-state index in [4.69, 9.17) is 9.47 Å². The van der Waals surface area contributed by atoms with Crippen molar-refractivity contribution in [2.75, 3.05) is 53.0 Å². The summed E-state index contributed by atoms with van der Waals surface area (Å²) in [7, 11) is 1.87. The summed E-state index contributed by atoms with van der Waals surface area (Å²) < 4.78 is 11.1. The van der Waals surface area contributed by atoms with E-state index in [9.17, 15) is 4.79 Å². The molecule has 0 aromatic carbocycles. The maximum atomic E-state index is 12.4. The maximum Gasteiger partial charge on any atom is 0.410 e. The van der Waals surface area contributed by atoms with Crippen LogP contribution in [-0.2, 0) is 9.47 Å². The van der Waals surface area contributed by atoms with Gasteiger partial charge in [-0.05, 0) is 78.1 Å². The van der Waals surface area contributed by atoms with Crippen LogP contribution in [0.15, 0.2) is 4.99 Å². The number of guanidine groups is 1. The molecule has 1 heterocycles. The number of amides is 1. The minimum absolute atomic E-state index is 0.202. The van der Waals surface area contributed by atoms with Crippen LogP contribution in [0.4, 0.5) is 4.79 Å². The fourth-order valence-corrected chi connectivity index (χ4v) is 4.02. The Morgan fingerprint density at radius 2 is 1.90 bits per heavy atom. The first-order chi connectivity index (χ1) is 14.2. The monoisotopic (exact) mass is 424 g/mol. The molecule has 2 aliphatic rings. The second kappa shape index (κ2) is 11.2. The SMILES string of the molecule is CCOCCC1(CNC(=NC)N2CCC(CN(CC)C(=O)OC(C)(C)C)CC2)CC1. The molecule has 1 saturated carbocycles. The van der Waals surface area contributed by atoms with Gasteiger partial charge in [0.15, 0.2) is 5.96 Å². The van der Waals surface area contributed by atoms with Crippen molar-refractivity contribution in [2.24, 2.45) is 16.3 Å². The normalized spacial score (nSPS) is 19.5. The highest BCUT2D eigenvalue weighted by atomic mass is 16.6. The van der Waals surface area contributed by atoms with Crippen molar-refractivity contribution in [3.8, 4) is 0 Å². The van der Waals surface area contributed by atoms with Gasteiger partial charge in [-0.2, -0.15) is 0 Å². The molecule has 2 fully saturated rings. The molecule has 2 rings (SSSR count). The van der Waals surface area contributed by atoms with E-state index in [2.05, 4.69) is 22.1 Å². The Kier molecular flexibility index (Phi) is 9.26. The molecule has 0 unspecified atom stereocenters. The quantitative estimate of drug-likeness (QED) is 0.347. The molecule has 7 heteroatoms. The number of carbonyl (C=O) groups is 1. The Labute approximate surface area is 183 Å². The van der Waals surface area contributed by atoms with E-state index in [1.54, 1.807) is 0 Å². The topological polar surface area (TPSA) is 66.4 Å². The van der Waals surface area contributed by atoms with E-state index < -0.39 is 5.60 Å². The van der Waals surface area contributed by atoms with Crippen LogP contribution in [-0.4, -0.2) is 80.4 Å². The van der Waals surface area contributed by atoms with Gasteiger partial charge in [-0.1, -0.05) is 0 Å². The fourth-order valence-electron chi connectivity index (χ4n) is 4.02. The number of aliphatic imine (C=N–C) groups is 1. The highest BCUT2D eigenvalue weighted by Crippen LogP contribution is 2.48. The van der Waals surface area contributed by atoms with Crippen LogP contribution in [0.5, 0.6) is 0 Å². The number of ether oxygens (including phenoxy) is 2. The van der Waals surface area contributed by atoms with Crippen molar-refractivity contribution in [1.82, 2.24) is 15.1 Å². The van der Waals surface area contributed by atoms with Crippen molar-refractivity contribution >= 4 is 12.1 Å². The number of likely N-dealkylation sites (tertiary alicyclic amines) is 1. The molecule has 1 aliphatic carbocycles. The molecule has 0 radical (unpaired) electrons. The van der Waals surface area contributed by atoms with Crippen LogP contribution in [0.3, 0.4) is 0 Å². The zero-order chi connectivity index (χ0) is 22.2. The van der Waals surface area contributed by atoms with E-state index in [-0.39, 0.29) is 6.09 Å². The average molecular weight is 425 g/mol. The molecular weight excluding hydrogens is 380 g/mol. The van der Waals surface area contributed by atoms with E-state index in [0.717, 1.165) is 64.6 Å². The number of carbonyl (C=O) groups excluding carboxylic acids is 1. The van der Waals surface area contributed by atoms with Crippen molar-refractivity contribution in [2.45, 2.75) is 72.3 Å². The van der Waals surface area contributed by atoms with Crippen LogP contribution in [0.25, 0.3) is 0 Å². The number of nitrogens with one attached hydrogen (secondary N) is 1. The smallest absolute Gasteiger partial charge is 0.410 e. The Bertz CT molecular complexity index is 561.